The number of hydrogen-bond acceptors (Lipinski definition) is 7. The summed E-state index contributed by atoms with van der Waals surface area (Å²) in [5.74, 6) is 0.813. The molecule has 8 nitrogen and oxygen atoms in total. The number of nitrogens with one attached hydrogen (secondary N) is 2. The smallest absolute Gasteiger partial charge is 0.196 e. The summed E-state index contributed by atoms with van der Waals surface area (Å²) >= 11 is 6.52. The number of anilines is 3. The van der Waals surface area contributed by atoms with E-state index in [0.717, 1.165) is 6.29 Å². The highest BCUT2D eigenvalue weighted by Gasteiger charge is 2.23. The molecule has 0 aliphatic carbocycles. The normalized spacial score (nSPS) is 13.8. The van der Waals surface area contributed by atoms with Gasteiger partial charge in [0.2, 0.25) is 0 Å². The SMILES string of the molecule is O=CC1CCN(c2ccc(Nc3ncnc4[nH]cc(C(=O)c5ccc(Oc6ccccc6)cc5Cl)c34)cc2F)CC1. The summed E-state index contributed by atoms with van der Waals surface area (Å²) in [4.78, 5) is 38.2. The second-order valence-electron chi connectivity index (χ2n) is 9.79. The van der Waals surface area contributed by atoms with Crippen LogP contribution in [0.4, 0.5) is 21.6 Å². The van der Waals surface area contributed by atoms with Gasteiger partial charge in [0, 0.05) is 42.5 Å². The molecule has 2 aromatic heterocycles. The van der Waals surface area contributed by atoms with E-state index >= 15 is 4.39 Å². The molecule has 3 heterocycles. The Hall–Kier alpha value is -4.76. The third-order valence-electron chi connectivity index (χ3n) is 7.16. The number of aromatic amines is 1. The van der Waals surface area contributed by atoms with Crippen LogP contribution in [0.15, 0.2) is 79.3 Å². The molecular formula is C31H25ClFN5O3. The first-order chi connectivity index (χ1) is 20.0. The van der Waals surface area contributed by atoms with Gasteiger partial charge in [-0.3, -0.25) is 4.79 Å². The number of carbonyl (C=O) groups is 2. The Morgan fingerprint density at radius 2 is 1.83 bits per heavy atom. The van der Waals surface area contributed by atoms with Gasteiger partial charge >= 0.3 is 0 Å². The zero-order chi connectivity index (χ0) is 28.3. The molecule has 0 radical (unpaired) electrons. The number of rotatable bonds is 8. The van der Waals surface area contributed by atoms with Gasteiger partial charge in [-0.15, -0.1) is 0 Å². The van der Waals surface area contributed by atoms with Crippen molar-refractivity contribution in [2.24, 2.45) is 5.92 Å². The Kier molecular flexibility index (Phi) is 7.35. The second-order valence-corrected chi connectivity index (χ2v) is 10.2. The van der Waals surface area contributed by atoms with E-state index < -0.39 is 0 Å². The van der Waals surface area contributed by atoms with E-state index in [9.17, 15) is 9.59 Å². The van der Waals surface area contributed by atoms with Crippen molar-refractivity contribution in [1.29, 1.82) is 0 Å². The number of H-pyrrole nitrogens is 1. The maximum atomic E-state index is 15.1. The number of aromatic nitrogens is 3. The van der Waals surface area contributed by atoms with Crippen molar-refractivity contribution in [1.82, 2.24) is 15.0 Å². The number of halogens is 2. The molecule has 41 heavy (non-hydrogen) atoms. The topological polar surface area (TPSA) is 100 Å². The van der Waals surface area contributed by atoms with Crippen LogP contribution in [0.2, 0.25) is 5.02 Å². The van der Waals surface area contributed by atoms with E-state index in [2.05, 4.69) is 20.3 Å². The number of para-hydroxylation sites is 1. The molecule has 0 saturated carbocycles. The number of carbonyl (C=O) groups excluding carboxylic acids is 2. The molecule has 1 fully saturated rings. The van der Waals surface area contributed by atoms with Crippen molar-refractivity contribution >= 4 is 51.9 Å². The summed E-state index contributed by atoms with van der Waals surface area (Å²) in [6.07, 6.45) is 5.31. The first-order valence-corrected chi connectivity index (χ1v) is 13.5. The summed E-state index contributed by atoms with van der Waals surface area (Å²) in [5.41, 5.74) is 2.00. The van der Waals surface area contributed by atoms with Crippen molar-refractivity contribution < 1.29 is 18.7 Å². The van der Waals surface area contributed by atoms with Crippen LogP contribution in [0.5, 0.6) is 11.5 Å². The fraction of sp³-hybridized carbons (Fsp3) is 0.161. The minimum atomic E-state index is -0.389. The second kappa shape index (κ2) is 11.4. The lowest BCUT2D eigenvalue weighted by Crippen LogP contribution is -2.34. The summed E-state index contributed by atoms with van der Waals surface area (Å²) in [6.45, 7) is 1.24. The van der Waals surface area contributed by atoms with Crippen LogP contribution in [0, 0.1) is 11.7 Å². The van der Waals surface area contributed by atoms with Gasteiger partial charge in [-0.05, 0) is 55.3 Å². The Bertz CT molecular complexity index is 1740. The van der Waals surface area contributed by atoms with Crippen LogP contribution in [0.3, 0.4) is 0 Å². The van der Waals surface area contributed by atoms with Crippen LogP contribution < -0.4 is 15.0 Å². The summed E-state index contributed by atoms with van der Waals surface area (Å²) in [7, 11) is 0. The third-order valence-corrected chi connectivity index (χ3v) is 7.47. The lowest BCUT2D eigenvalue weighted by Gasteiger charge is -2.31. The van der Waals surface area contributed by atoms with E-state index in [1.807, 2.05) is 35.2 Å². The molecule has 5 aromatic rings. The molecule has 2 N–H and O–H groups in total. The Labute approximate surface area is 240 Å². The van der Waals surface area contributed by atoms with E-state index in [0.29, 0.717) is 71.2 Å². The predicted octanol–water partition coefficient (Wildman–Crippen LogP) is 6.93. The number of piperidine rings is 1. The van der Waals surface area contributed by atoms with Crippen molar-refractivity contribution in [2.45, 2.75) is 12.8 Å². The highest BCUT2D eigenvalue weighted by molar-refractivity contribution is 6.35. The van der Waals surface area contributed by atoms with E-state index in [1.54, 1.807) is 36.5 Å². The van der Waals surface area contributed by atoms with Gasteiger partial charge in [0.1, 0.15) is 41.4 Å². The Balaban J connectivity index is 1.25. The van der Waals surface area contributed by atoms with Gasteiger partial charge in [-0.2, -0.15) is 0 Å². The summed E-state index contributed by atoms with van der Waals surface area (Å²) in [6, 6.07) is 19.0. The lowest BCUT2D eigenvalue weighted by atomic mass is 9.98. The molecule has 0 spiro atoms. The van der Waals surface area contributed by atoms with Crippen LogP contribution in [-0.2, 0) is 4.79 Å². The maximum Gasteiger partial charge on any atom is 0.196 e. The summed E-state index contributed by atoms with van der Waals surface area (Å²) in [5, 5.41) is 3.83. The maximum absolute atomic E-state index is 15.1. The number of fused-ring (bicyclic) bond motifs is 1. The van der Waals surface area contributed by atoms with Gasteiger partial charge < -0.3 is 24.7 Å². The van der Waals surface area contributed by atoms with Gasteiger partial charge in [0.15, 0.2) is 5.78 Å². The number of ether oxygens (including phenoxy) is 1. The first kappa shape index (κ1) is 26.5. The van der Waals surface area contributed by atoms with Crippen LogP contribution >= 0.6 is 11.6 Å². The van der Waals surface area contributed by atoms with Gasteiger partial charge in [0.25, 0.3) is 0 Å². The van der Waals surface area contributed by atoms with Crippen molar-refractivity contribution in [3.05, 3.63) is 101 Å². The van der Waals surface area contributed by atoms with E-state index in [-0.39, 0.29) is 28.1 Å². The van der Waals surface area contributed by atoms with Gasteiger partial charge in [-0.1, -0.05) is 29.8 Å². The van der Waals surface area contributed by atoms with E-state index in [4.69, 9.17) is 16.3 Å². The number of hydrogen-bond donors (Lipinski definition) is 2. The number of aldehydes is 1. The molecule has 3 aromatic carbocycles. The van der Waals surface area contributed by atoms with Crippen LogP contribution in [-0.4, -0.2) is 40.1 Å². The minimum Gasteiger partial charge on any atom is -0.457 e. The fourth-order valence-electron chi connectivity index (χ4n) is 5.00. The zero-order valence-corrected chi connectivity index (χ0v) is 22.6. The van der Waals surface area contributed by atoms with Crippen LogP contribution in [0.25, 0.3) is 11.0 Å². The number of nitrogens with zero attached hydrogens (tertiary/aromatic N) is 3. The molecule has 1 aliphatic rings. The number of benzene rings is 3. The molecule has 206 valence electrons. The van der Waals surface area contributed by atoms with Crippen molar-refractivity contribution in [2.75, 3.05) is 23.3 Å². The van der Waals surface area contributed by atoms with Gasteiger partial charge in [-0.25, -0.2) is 14.4 Å². The van der Waals surface area contributed by atoms with Crippen molar-refractivity contribution in [3.63, 3.8) is 0 Å². The van der Waals surface area contributed by atoms with Crippen LogP contribution in [0.1, 0.15) is 28.8 Å². The third kappa shape index (κ3) is 5.49. The highest BCUT2D eigenvalue weighted by atomic mass is 35.5. The number of ketones is 1. The molecule has 0 amide bonds. The first-order valence-electron chi connectivity index (χ1n) is 13.2. The molecule has 0 bridgehead atoms. The monoisotopic (exact) mass is 569 g/mol. The summed E-state index contributed by atoms with van der Waals surface area (Å²) < 4.78 is 21.0. The Morgan fingerprint density at radius 1 is 1.02 bits per heavy atom. The quantitative estimate of drug-likeness (QED) is 0.154. The van der Waals surface area contributed by atoms with E-state index in [1.165, 1.54) is 12.4 Å². The largest absolute Gasteiger partial charge is 0.457 e. The van der Waals surface area contributed by atoms with Crippen molar-refractivity contribution in [3.8, 4) is 11.5 Å². The average molecular weight is 570 g/mol. The molecule has 1 aliphatic heterocycles. The molecule has 6 rings (SSSR count). The molecule has 1 saturated heterocycles. The molecule has 0 atom stereocenters. The van der Waals surface area contributed by atoms with Gasteiger partial charge in [0.05, 0.1) is 21.7 Å². The average Bonchev–Trinajstić information content (AvgIpc) is 3.43. The fourth-order valence-corrected chi connectivity index (χ4v) is 5.26. The molecule has 0 unspecified atom stereocenters. The molecule has 10 heteroatoms. The standard InChI is InChI=1S/C31H25ClFN5O3/c32-25-15-22(41-21-4-2-1-3-5-21)7-8-23(25)29(40)24-16-34-30-28(24)31(36-18-35-30)37-20-6-9-27(26(33)14-20)38-12-10-19(17-39)11-13-38/h1-9,14-19H,10-13H2,(H2,34,35,36,37). The molecular weight excluding hydrogens is 545 g/mol. The highest BCUT2D eigenvalue weighted by Crippen LogP contribution is 2.33. The predicted molar refractivity (Wildman–Crippen MR) is 156 cm³/mol. The Morgan fingerprint density at radius 3 is 2.56 bits per heavy atom. The minimum absolute atomic E-state index is 0.0316. The zero-order valence-electron chi connectivity index (χ0n) is 21.8. The lowest BCUT2D eigenvalue weighted by molar-refractivity contribution is -0.111.